The average Bonchev–Trinajstić information content (AvgIpc) is 3.01. The average molecular weight is 355 g/mol. The first-order valence-corrected chi connectivity index (χ1v) is 8.40. The van der Waals surface area contributed by atoms with Gasteiger partial charge in [-0.25, -0.2) is 4.79 Å². The summed E-state index contributed by atoms with van der Waals surface area (Å²) < 4.78 is 10.9. The first-order chi connectivity index (χ1) is 12.4. The van der Waals surface area contributed by atoms with E-state index in [0.29, 0.717) is 18.7 Å². The van der Waals surface area contributed by atoms with Gasteiger partial charge in [0.15, 0.2) is 12.7 Å². The number of nitrogens with one attached hydrogen (secondary N) is 1. The van der Waals surface area contributed by atoms with E-state index < -0.39 is 18.7 Å². The monoisotopic (exact) mass is 355 g/mol. The van der Waals surface area contributed by atoms with Crippen LogP contribution in [0.5, 0.6) is 11.5 Å². The van der Waals surface area contributed by atoms with Crippen molar-refractivity contribution in [3.05, 3.63) is 58.7 Å². The van der Waals surface area contributed by atoms with Gasteiger partial charge in [0, 0.05) is 13.0 Å². The second-order valence-electron chi connectivity index (χ2n) is 6.40. The third-order valence-corrected chi connectivity index (χ3v) is 4.37. The molecule has 2 N–H and O–H groups in total. The van der Waals surface area contributed by atoms with Crippen molar-refractivity contribution < 1.29 is 24.2 Å². The van der Waals surface area contributed by atoms with Gasteiger partial charge in [-0.15, -0.1) is 0 Å². The summed E-state index contributed by atoms with van der Waals surface area (Å²) in [7, 11) is 0. The molecule has 1 aliphatic rings. The number of hydrogen-bond acceptors (Lipinski definition) is 4. The minimum atomic E-state index is -1.04. The lowest BCUT2D eigenvalue weighted by Gasteiger charge is -2.12. The summed E-state index contributed by atoms with van der Waals surface area (Å²) in [6.45, 7) is 3.98. The van der Waals surface area contributed by atoms with Crippen LogP contribution in [0.25, 0.3) is 0 Å². The molecule has 0 saturated carbocycles. The first kappa shape index (κ1) is 17.8. The molecule has 2 aromatic rings. The molecule has 1 aliphatic heterocycles. The number of amides is 1. The summed E-state index contributed by atoms with van der Waals surface area (Å²) in [6, 6.07) is 11.0. The maximum absolute atomic E-state index is 12.4. The molecule has 0 fully saturated rings. The zero-order valence-electron chi connectivity index (χ0n) is 14.7. The second kappa shape index (κ2) is 7.47. The van der Waals surface area contributed by atoms with Crippen molar-refractivity contribution >= 4 is 11.9 Å². The van der Waals surface area contributed by atoms with Crippen molar-refractivity contribution in [3.8, 4) is 11.5 Å². The van der Waals surface area contributed by atoms with Crippen LogP contribution in [-0.4, -0.2) is 29.7 Å². The van der Waals surface area contributed by atoms with E-state index in [2.05, 4.69) is 11.4 Å². The number of hydrogen-bond donors (Lipinski definition) is 2. The summed E-state index contributed by atoms with van der Waals surface area (Å²) in [5.74, 6) is 0.0208. The van der Waals surface area contributed by atoms with Crippen LogP contribution in [0.1, 0.15) is 22.3 Å². The quantitative estimate of drug-likeness (QED) is 0.831. The van der Waals surface area contributed by atoms with E-state index >= 15 is 0 Å². The molecule has 0 bridgehead atoms. The summed E-state index contributed by atoms with van der Waals surface area (Å²) in [5, 5.41) is 11.5. The van der Waals surface area contributed by atoms with Crippen molar-refractivity contribution in [2.75, 3.05) is 6.61 Å². The summed E-state index contributed by atoms with van der Waals surface area (Å²) in [5.41, 5.74) is 4.20. The van der Waals surface area contributed by atoms with Gasteiger partial charge < -0.3 is 19.9 Å². The molecule has 0 saturated heterocycles. The number of carbonyl (C=O) groups excluding carboxylic acids is 1. The van der Waals surface area contributed by atoms with E-state index in [0.717, 1.165) is 22.4 Å². The Balaban J connectivity index is 1.56. The van der Waals surface area contributed by atoms with E-state index in [1.54, 1.807) is 18.2 Å². The molecule has 0 aromatic heterocycles. The highest BCUT2D eigenvalue weighted by molar-refractivity contribution is 5.82. The zero-order chi connectivity index (χ0) is 18.7. The van der Waals surface area contributed by atoms with Gasteiger partial charge in [-0.2, -0.15) is 0 Å². The van der Waals surface area contributed by atoms with Gasteiger partial charge in [0.1, 0.15) is 11.5 Å². The van der Waals surface area contributed by atoms with Crippen molar-refractivity contribution in [2.45, 2.75) is 32.9 Å². The molecule has 3 rings (SSSR count). The van der Waals surface area contributed by atoms with Gasteiger partial charge in [-0.1, -0.05) is 18.2 Å². The number of aryl methyl sites for hydroxylation is 2. The highest BCUT2D eigenvalue weighted by atomic mass is 16.5. The van der Waals surface area contributed by atoms with Crippen LogP contribution in [0.2, 0.25) is 0 Å². The number of carboxylic acids is 1. The molecule has 0 aliphatic carbocycles. The molecule has 0 radical (unpaired) electrons. The van der Waals surface area contributed by atoms with Crippen molar-refractivity contribution in [3.63, 3.8) is 0 Å². The lowest BCUT2D eigenvalue weighted by molar-refractivity contribution is -0.139. The van der Waals surface area contributed by atoms with E-state index in [-0.39, 0.29) is 5.91 Å². The second-order valence-corrected chi connectivity index (χ2v) is 6.40. The zero-order valence-corrected chi connectivity index (χ0v) is 14.7. The van der Waals surface area contributed by atoms with Gasteiger partial charge in [-0.3, -0.25) is 4.79 Å². The lowest BCUT2D eigenvalue weighted by atomic mass is 10.0. The first-order valence-electron chi connectivity index (χ1n) is 8.40. The van der Waals surface area contributed by atoms with Gasteiger partial charge >= 0.3 is 5.97 Å². The minimum Gasteiger partial charge on any atom is -0.482 e. The Hall–Kier alpha value is -3.02. The molecular weight excluding hydrogens is 334 g/mol. The molecule has 2 aromatic carbocycles. The van der Waals surface area contributed by atoms with Crippen molar-refractivity contribution in [1.82, 2.24) is 5.32 Å². The Morgan fingerprint density at radius 2 is 2.00 bits per heavy atom. The summed E-state index contributed by atoms with van der Waals surface area (Å²) >= 11 is 0. The Morgan fingerprint density at radius 3 is 2.77 bits per heavy atom. The fourth-order valence-electron chi connectivity index (χ4n) is 2.85. The summed E-state index contributed by atoms with van der Waals surface area (Å²) in [4.78, 5) is 23.0. The molecule has 136 valence electrons. The normalized spacial score (nSPS) is 15.1. The van der Waals surface area contributed by atoms with E-state index in [9.17, 15) is 9.59 Å². The fourth-order valence-corrected chi connectivity index (χ4v) is 2.85. The predicted molar refractivity (Wildman–Crippen MR) is 95.5 cm³/mol. The maximum Gasteiger partial charge on any atom is 0.341 e. The third kappa shape index (κ3) is 4.14. The number of fused-ring (bicyclic) bond motifs is 1. The number of ether oxygens (including phenoxy) is 2. The van der Waals surface area contributed by atoms with Gasteiger partial charge in [0.05, 0.1) is 0 Å². The molecule has 0 spiro atoms. The SMILES string of the molecule is Cc1cc2c(cc1C)O[C@@H](C(=O)NCc1cccc(OCC(=O)O)c1)C2. The Kier molecular flexibility index (Phi) is 5.11. The van der Waals surface area contributed by atoms with E-state index in [4.69, 9.17) is 14.6 Å². The fraction of sp³-hybridized carbons (Fsp3) is 0.300. The Labute approximate surface area is 151 Å². The van der Waals surface area contributed by atoms with E-state index in [1.807, 2.05) is 26.0 Å². The largest absolute Gasteiger partial charge is 0.482 e. The smallest absolute Gasteiger partial charge is 0.341 e. The number of carboxylic acid groups (broad SMARTS) is 1. The number of rotatable bonds is 6. The molecule has 26 heavy (non-hydrogen) atoms. The van der Waals surface area contributed by atoms with Gasteiger partial charge in [0.2, 0.25) is 0 Å². The molecule has 1 heterocycles. The predicted octanol–water partition coefficient (Wildman–Crippen LogP) is 2.39. The molecule has 6 nitrogen and oxygen atoms in total. The van der Waals surface area contributed by atoms with E-state index in [1.165, 1.54) is 5.56 Å². The highest BCUT2D eigenvalue weighted by Crippen LogP contribution is 2.31. The Bertz CT molecular complexity index is 815. The van der Waals surface area contributed by atoms with Gasteiger partial charge in [0.25, 0.3) is 5.91 Å². The van der Waals surface area contributed by atoms with Gasteiger partial charge in [-0.05, 0) is 54.3 Å². The molecular formula is C20H21NO5. The molecule has 0 unspecified atom stereocenters. The Morgan fingerprint density at radius 1 is 1.23 bits per heavy atom. The molecule has 1 amide bonds. The van der Waals surface area contributed by atoms with Crippen LogP contribution >= 0.6 is 0 Å². The van der Waals surface area contributed by atoms with Crippen molar-refractivity contribution in [1.29, 1.82) is 0 Å². The van der Waals surface area contributed by atoms with Crippen LogP contribution in [-0.2, 0) is 22.6 Å². The van der Waals surface area contributed by atoms with Crippen LogP contribution < -0.4 is 14.8 Å². The van der Waals surface area contributed by atoms with Crippen LogP contribution in [0.4, 0.5) is 0 Å². The van der Waals surface area contributed by atoms with Crippen molar-refractivity contribution in [2.24, 2.45) is 0 Å². The van der Waals surface area contributed by atoms with Crippen LogP contribution in [0.3, 0.4) is 0 Å². The molecule has 1 atom stereocenters. The minimum absolute atomic E-state index is 0.173. The standard InChI is InChI=1S/C20H21NO5/c1-12-6-15-9-18(26-17(15)7-13(12)2)20(24)21-10-14-4-3-5-16(8-14)25-11-19(22)23/h3-8,18H,9-11H2,1-2H3,(H,21,24)(H,22,23)/t18-/m1/s1. The lowest BCUT2D eigenvalue weighted by Crippen LogP contribution is -2.37. The number of carbonyl (C=O) groups is 2. The third-order valence-electron chi connectivity index (χ3n) is 4.37. The number of aliphatic carboxylic acids is 1. The summed E-state index contributed by atoms with van der Waals surface area (Å²) in [6.07, 6.45) is 0.0296. The highest BCUT2D eigenvalue weighted by Gasteiger charge is 2.29. The molecule has 6 heteroatoms. The van der Waals surface area contributed by atoms with Crippen LogP contribution in [0.15, 0.2) is 36.4 Å². The number of benzene rings is 2. The maximum atomic E-state index is 12.4. The van der Waals surface area contributed by atoms with Crippen LogP contribution in [0, 0.1) is 13.8 Å². The topological polar surface area (TPSA) is 84.9 Å².